The summed E-state index contributed by atoms with van der Waals surface area (Å²) in [5.74, 6) is -0.417. The van der Waals surface area contributed by atoms with Gasteiger partial charge in [-0.3, -0.25) is 0 Å². The monoisotopic (exact) mass is 328 g/mol. The van der Waals surface area contributed by atoms with Crippen LogP contribution in [0.25, 0.3) is 0 Å². The molecule has 2 rings (SSSR count). The molecule has 2 aromatic rings. The maximum Gasteiger partial charge on any atom is 0.123 e. The molecule has 0 bridgehead atoms. The molecule has 1 atom stereocenters. The van der Waals surface area contributed by atoms with Crippen LogP contribution in [0.2, 0.25) is 5.02 Å². The van der Waals surface area contributed by atoms with E-state index in [0.29, 0.717) is 16.1 Å². The number of benzene rings is 2. The third-order valence-corrected chi connectivity index (χ3v) is 3.43. The molecule has 0 spiro atoms. The standard InChI is InChI=1S/C14H11BrClFO/c1-8-4-9(6-10(15)5-8)14(18)12-7-11(17)2-3-13(12)16/h2-7,14,18H,1H3. The van der Waals surface area contributed by atoms with Crippen LogP contribution >= 0.6 is 27.5 Å². The molecule has 0 aliphatic carbocycles. The fourth-order valence-electron chi connectivity index (χ4n) is 1.83. The van der Waals surface area contributed by atoms with E-state index >= 15 is 0 Å². The molecular weight excluding hydrogens is 319 g/mol. The SMILES string of the molecule is Cc1cc(Br)cc(C(O)c2cc(F)ccc2Cl)c1. The van der Waals surface area contributed by atoms with Crippen molar-refractivity contribution < 1.29 is 9.50 Å². The maximum atomic E-state index is 13.2. The van der Waals surface area contributed by atoms with Crippen LogP contribution < -0.4 is 0 Å². The number of rotatable bonds is 2. The van der Waals surface area contributed by atoms with Crippen LogP contribution in [0.3, 0.4) is 0 Å². The van der Waals surface area contributed by atoms with Gasteiger partial charge in [0, 0.05) is 15.1 Å². The molecule has 4 heteroatoms. The van der Waals surface area contributed by atoms with Crippen LogP contribution in [0.5, 0.6) is 0 Å². The molecule has 94 valence electrons. The second kappa shape index (κ2) is 5.39. The van der Waals surface area contributed by atoms with E-state index in [4.69, 9.17) is 11.6 Å². The second-order valence-corrected chi connectivity index (χ2v) is 5.45. The molecule has 1 nitrogen and oxygen atoms in total. The lowest BCUT2D eigenvalue weighted by Crippen LogP contribution is -2.01. The van der Waals surface area contributed by atoms with Crippen molar-refractivity contribution in [1.82, 2.24) is 0 Å². The minimum absolute atomic E-state index is 0.349. The largest absolute Gasteiger partial charge is 0.384 e. The van der Waals surface area contributed by atoms with Crippen LogP contribution in [-0.2, 0) is 0 Å². The first kappa shape index (κ1) is 13.5. The molecule has 2 aromatic carbocycles. The molecule has 0 aliphatic heterocycles. The van der Waals surface area contributed by atoms with Crippen molar-refractivity contribution in [2.45, 2.75) is 13.0 Å². The molecule has 1 N–H and O–H groups in total. The Bertz CT molecular complexity index is 566. The Morgan fingerprint density at radius 2 is 1.94 bits per heavy atom. The normalized spacial score (nSPS) is 12.5. The summed E-state index contributed by atoms with van der Waals surface area (Å²) in [6.07, 6.45) is -0.940. The summed E-state index contributed by atoms with van der Waals surface area (Å²) >= 11 is 9.35. The third-order valence-electron chi connectivity index (χ3n) is 2.63. The second-order valence-electron chi connectivity index (χ2n) is 4.13. The van der Waals surface area contributed by atoms with E-state index in [2.05, 4.69) is 15.9 Å². The zero-order valence-corrected chi connectivity index (χ0v) is 12.0. The molecule has 0 amide bonds. The predicted octanol–water partition coefficient (Wildman–Crippen LogP) is 4.63. The molecule has 0 fully saturated rings. The summed E-state index contributed by atoms with van der Waals surface area (Å²) in [5, 5.41) is 10.6. The van der Waals surface area contributed by atoms with E-state index in [9.17, 15) is 9.50 Å². The van der Waals surface area contributed by atoms with Gasteiger partial charge in [0.2, 0.25) is 0 Å². The van der Waals surface area contributed by atoms with Gasteiger partial charge >= 0.3 is 0 Å². The van der Waals surface area contributed by atoms with Gasteiger partial charge in [-0.2, -0.15) is 0 Å². The van der Waals surface area contributed by atoms with E-state index in [1.807, 2.05) is 19.1 Å². The van der Waals surface area contributed by atoms with E-state index < -0.39 is 11.9 Å². The zero-order valence-electron chi connectivity index (χ0n) is 9.62. The number of aliphatic hydroxyl groups is 1. The highest BCUT2D eigenvalue weighted by Crippen LogP contribution is 2.30. The van der Waals surface area contributed by atoms with Gasteiger partial charge in [0.15, 0.2) is 0 Å². The van der Waals surface area contributed by atoms with E-state index in [1.54, 1.807) is 6.07 Å². The van der Waals surface area contributed by atoms with Crippen molar-refractivity contribution in [2.24, 2.45) is 0 Å². The summed E-state index contributed by atoms with van der Waals surface area (Å²) in [6.45, 7) is 1.92. The lowest BCUT2D eigenvalue weighted by Gasteiger charge is -2.14. The summed E-state index contributed by atoms with van der Waals surface area (Å²) in [5.41, 5.74) is 2.05. The Morgan fingerprint density at radius 1 is 1.22 bits per heavy atom. The van der Waals surface area contributed by atoms with Crippen LogP contribution in [0.15, 0.2) is 40.9 Å². The quantitative estimate of drug-likeness (QED) is 0.851. The first-order valence-corrected chi connectivity index (χ1v) is 6.54. The average molecular weight is 330 g/mol. The van der Waals surface area contributed by atoms with Gasteiger partial charge in [0.25, 0.3) is 0 Å². The van der Waals surface area contributed by atoms with Crippen LogP contribution in [0.1, 0.15) is 22.8 Å². The predicted molar refractivity (Wildman–Crippen MR) is 74.4 cm³/mol. The molecule has 0 saturated heterocycles. The fraction of sp³-hybridized carbons (Fsp3) is 0.143. The number of aryl methyl sites for hydroxylation is 1. The highest BCUT2D eigenvalue weighted by Gasteiger charge is 2.15. The van der Waals surface area contributed by atoms with Gasteiger partial charge in [0.1, 0.15) is 11.9 Å². The van der Waals surface area contributed by atoms with E-state index in [0.717, 1.165) is 10.0 Å². The smallest absolute Gasteiger partial charge is 0.123 e. The van der Waals surface area contributed by atoms with Crippen LogP contribution in [0.4, 0.5) is 4.39 Å². The van der Waals surface area contributed by atoms with Crippen molar-refractivity contribution in [3.8, 4) is 0 Å². The lowest BCUT2D eigenvalue weighted by atomic mass is 10.00. The molecule has 18 heavy (non-hydrogen) atoms. The van der Waals surface area contributed by atoms with Gasteiger partial charge in [0.05, 0.1) is 0 Å². The van der Waals surface area contributed by atoms with Crippen LogP contribution in [0, 0.1) is 12.7 Å². The minimum atomic E-state index is -0.940. The molecule has 0 radical (unpaired) electrons. The Kier molecular flexibility index (Phi) is 4.05. The first-order valence-electron chi connectivity index (χ1n) is 5.37. The molecular formula is C14H11BrClFO. The van der Waals surface area contributed by atoms with E-state index in [1.165, 1.54) is 18.2 Å². The minimum Gasteiger partial charge on any atom is -0.384 e. The van der Waals surface area contributed by atoms with Crippen molar-refractivity contribution >= 4 is 27.5 Å². The van der Waals surface area contributed by atoms with Gasteiger partial charge in [-0.1, -0.05) is 33.6 Å². The van der Waals surface area contributed by atoms with Gasteiger partial charge in [-0.15, -0.1) is 0 Å². The summed E-state index contributed by atoms with van der Waals surface area (Å²) in [6, 6.07) is 9.53. The zero-order chi connectivity index (χ0) is 13.3. The van der Waals surface area contributed by atoms with Gasteiger partial charge in [-0.05, 0) is 48.4 Å². The third kappa shape index (κ3) is 2.91. The molecule has 0 saturated carbocycles. The number of hydrogen-bond donors (Lipinski definition) is 1. The Balaban J connectivity index is 2.47. The number of aliphatic hydroxyl groups excluding tert-OH is 1. The van der Waals surface area contributed by atoms with Gasteiger partial charge in [-0.25, -0.2) is 4.39 Å². The van der Waals surface area contributed by atoms with Crippen LogP contribution in [-0.4, -0.2) is 5.11 Å². The Labute approximate surface area is 118 Å². The fourth-order valence-corrected chi connectivity index (χ4v) is 2.67. The summed E-state index contributed by atoms with van der Waals surface area (Å²) in [4.78, 5) is 0. The van der Waals surface area contributed by atoms with Gasteiger partial charge < -0.3 is 5.11 Å². The van der Waals surface area contributed by atoms with Crippen molar-refractivity contribution in [3.63, 3.8) is 0 Å². The molecule has 0 aromatic heterocycles. The number of hydrogen-bond acceptors (Lipinski definition) is 1. The van der Waals surface area contributed by atoms with E-state index in [-0.39, 0.29) is 0 Å². The molecule has 0 heterocycles. The molecule has 1 unspecified atom stereocenters. The van der Waals surface area contributed by atoms with Crippen molar-refractivity contribution in [3.05, 3.63) is 68.4 Å². The lowest BCUT2D eigenvalue weighted by molar-refractivity contribution is 0.220. The summed E-state index contributed by atoms with van der Waals surface area (Å²) < 4.78 is 14.1. The highest BCUT2D eigenvalue weighted by atomic mass is 79.9. The average Bonchev–Trinajstić information content (AvgIpc) is 2.30. The topological polar surface area (TPSA) is 20.2 Å². The Hall–Kier alpha value is -0.900. The highest BCUT2D eigenvalue weighted by molar-refractivity contribution is 9.10. The Morgan fingerprint density at radius 3 is 2.61 bits per heavy atom. The van der Waals surface area contributed by atoms with Crippen molar-refractivity contribution in [2.75, 3.05) is 0 Å². The summed E-state index contributed by atoms with van der Waals surface area (Å²) in [7, 11) is 0. The number of halogens is 3. The maximum absolute atomic E-state index is 13.2. The first-order chi connectivity index (χ1) is 8.47. The molecule has 0 aliphatic rings. The van der Waals surface area contributed by atoms with Crippen molar-refractivity contribution in [1.29, 1.82) is 0 Å².